The van der Waals surface area contributed by atoms with Gasteiger partial charge in [0.05, 0.1) is 5.56 Å². The van der Waals surface area contributed by atoms with Gasteiger partial charge in [-0.05, 0) is 42.5 Å². The van der Waals surface area contributed by atoms with E-state index in [2.05, 4.69) is 5.43 Å². The number of carbonyl (C=O) groups excluding carboxylic acids is 1. The maximum Gasteiger partial charge on any atom is 0.416 e. The minimum atomic E-state index is -4.36. The van der Waals surface area contributed by atoms with Gasteiger partial charge in [-0.15, -0.1) is 0 Å². The molecule has 0 saturated carbocycles. The Hall–Kier alpha value is -1.92. The van der Waals surface area contributed by atoms with Gasteiger partial charge >= 0.3 is 6.18 Å². The molecule has 1 aromatic rings. The molecule has 1 aliphatic heterocycles. The van der Waals surface area contributed by atoms with Crippen LogP contribution in [-0.2, 0) is 11.0 Å². The molecule has 0 spiro atoms. The molecule has 2 aliphatic rings. The number of nitrogens with one attached hydrogen (secondary N) is 1. The van der Waals surface area contributed by atoms with Crippen LogP contribution in [0.2, 0.25) is 0 Å². The summed E-state index contributed by atoms with van der Waals surface area (Å²) in [4.78, 5) is 11.8. The third kappa shape index (κ3) is 3.85. The maximum absolute atomic E-state index is 12.9. The Labute approximate surface area is 145 Å². The van der Waals surface area contributed by atoms with E-state index in [1.165, 1.54) is 6.07 Å². The topological polar surface area (TPSA) is 32.3 Å². The number of hydrogen-bond donors (Lipinski definition) is 1. The summed E-state index contributed by atoms with van der Waals surface area (Å²) >= 11 is 0. The number of hydrazine groups is 1. The first-order valence-corrected chi connectivity index (χ1v) is 8.49. The summed E-state index contributed by atoms with van der Waals surface area (Å²) in [6, 6.07) is 5.27. The van der Waals surface area contributed by atoms with E-state index in [0.717, 1.165) is 50.8 Å². The molecule has 1 fully saturated rings. The van der Waals surface area contributed by atoms with E-state index < -0.39 is 17.3 Å². The number of halogens is 3. The van der Waals surface area contributed by atoms with Crippen LogP contribution in [0.4, 0.5) is 13.2 Å². The average Bonchev–Trinajstić information content (AvgIpc) is 2.91. The van der Waals surface area contributed by atoms with Crippen molar-refractivity contribution in [3.8, 4) is 0 Å². The Bertz CT molecular complexity index is 688. The smallest absolute Gasteiger partial charge is 0.301 e. The highest BCUT2D eigenvalue weighted by molar-refractivity contribution is 5.80. The highest BCUT2D eigenvalue weighted by atomic mass is 19.4. The number of aldehydes is 1. The molecule has 3 nitrogen and oxygen atoms in total. The lowest BCUT2D eigenvalue weighted by Gasteiger charge is -2.38. The molecule has 3 rings (SSSR count). The van der Waals surface area contributed by atoms with Gasteiger partial charge in [0.25, 0.3) is 0 Å². The van der Waals surface area contributed by atoms with E-state index >= 15 is 0 Å². The zero-order valence-electron chi connectivity index (χ0n) is 13.9. The Morgan fingerprint density at radius 3 is 2.72 bits per heavy atom. The summed E-state index contributed by atoms with van der Waals surface area (Å²) in [6.45, 7) is 1.60. The van der Waals surface area contributed by atoms with Crippen molar-refractivity contribution in [1.82, 2.24) is 10.4 Å². The fraction of sp³-hybridized carbons (Fsp3) is 0.421. The average molecular weight is 350 g/mol. The van der Waals surface area contributed by atoms with Gasteiger partial charge in [-0.1, -0.05) is 36.8 Å². The molecule has 1 saturated heterocycles. The van der Waals surface area contributed by atoms with Gasteiger partial charge < -0.3 is 4.79 Å². The zero-order chi connectivity index (χ0) is 17.9. The van der Waals surface area contributed by atoms with Crippen molar-refractivity contribution >= 4 is 11.9 Å². The first-order valence-electron chi connectivity index (χ1n) is 8.49. The van der Waals surface area contributed by atoms with Crippen molar-refractivity contribution in [1.29, 1.82) is 0 Å². The second kappa shape index (κ2) is 7.14. The van der Waals surface area contributed by atoms with E-state index in [9.17, 15) is 18.0 Å². The molecular weight excluding hydrogens is 329 g/mol. The Kier molecular flexibility index (Phi) is 5.11. The van der Waals surface area contributed by atoms with Crippen molar-refractivity contribution in [3.63, 3.8) is 0 Å². The summed E-state index contributed by atoms with van der Waals surface area (Å²) in [5.41, 5.74) is 3.08. The second-order valence-corrected chi connectivity index (χ2v) is 6.50. The van der Waals surface area contributed by atoms with Crippen LogP contribution in [0.3, 0.4) is 0 Å². The monoisotopic (exact) mass is 350 g/mol. The van der Waals surface area contributed by atoms with Gasteiger partial charge in [-0.3, -0.25) is 5.43 Å². The molecular formula is C19H21F3N2O. The minimum Gasteiger partial charge on any atom is -0.301 e. The van der Waals surface area contributed by atoms with Gasteiger partial charge in [-0.2, -0.15) is 13.2 Å². The Morgan fingerprint density at radius 1 is 1.20 bits per heavy atom. The lowest BCUT2D eigenvalue weighted by atomic mass is 9.86. The molecule has 1 atom stereocenters. The number of hydrogen-bond acceptors (Lipinski definition) is 3. The fourth-order valence-electron chi connectivity index (χ4n) is 3.30. The van der Waals surface area contributed by atoms with Crippen LogP contribution >= 0.6 is 0 Å². The molecule has 25 heavy (non-hydrogen) atoms. The van der Waals surface area contributed by atoms with Crippen LogP contribution in [0.1, 0.15) is 36.8 Å². The van der Waals surface area contributed by atoms with Crippen LogP contribution < -0.4 is 5.43 Å². The lowest BCUT2D eigenvalue weighted by Crippen LogP contribution is -2.55. The first-order chi connectivity index (χ1) is 11.9. The minimum absolute atomic E-state index is 0.436. The standard InChI is InChI=1S/C19H21F3N2O/c20-19(21,22)17-6-4-5-16(13-17)15-7-9-18(14-25,10-8-15)24-12-3-1-2-11-23-24/h4-9,13-14,23H,1-3,10-12H2. The number of rotatable bonds is 3. The van der Waals surface area contributed by atoms with Crippen molar-refractivity contribution in [3.05, 3.63) is 53.6 Å². The predicted octanol–water partition coefficient (Wildman–Crippen LogP) is 3.98. The molecule has 0 bridgehead atoms. The van der Waals surface area contributed by atoms with Crippen molar-refractivity contribution in [2.45, 2.75) is 37.4 Å². The van der Waals surface area contributed by atoms with Gasteiger partial charge in [0.1, 0.15) is 11.8 Å². The summed E-state index contributed by atoms with van der Waals surface area (Å²) in [5, 5.41) is 1.96. The normalized spacial score (nSPS) is 25.3. The maximum atomic E-state index is 12.9. The molecule has 1 N–H and O–H groups in total. The summed E-state index contributed by atoms with van der Waals surface area (Å²) in [6.07, 6.45) is 5.59. The summed E-state index contributed by atoms with van der Waals surface area (Å²) in [7, 11) is 0. The number of allylic oxidation sites excluding steroid dienone is 2. The third-order valence-corrected chi connectivity index (χ3v) is 4.79. The molecule has 0 amide bonds. The SMILES string of the molecule is O=CC1(N2CCCCCN2)C=CC(c2cccc(C(F)(F)F)c2)=CC1. The van der Waals surface area contributed by atoms with Gasteiger partial charge in [0.15, 0.2) is 0 Å². The lowest BCUT2D eigenvalue weighted by molar-refractivity contribution is -0.137. The van der Waals surface area contributed by atoms with Crippen LogP contribution in [0.15, 0.2) is 42.5 Å². The molecule has 1 heterocycles. The fourth-order valence-corrected chi connectivity index (χ4v) is 3.30. The van der Waals surface area contributed by atoms with E-state index in [4.69, 9.17) is 0 Å². The van der Waals surface area contributed by atoms with Crippen LogP contribution in [0, 0.1) is 0 Å². The highest BCUT2D eigenvalue weighted by Gasteiger charge is 2.36. The third-order valence-electron chi connectivity index (χ3n) is 4.79. The molecule has 1 aromatic carbocycles. The zero-order valence-corrected chi connectivity index (χ0v) is 13.9. The Morgan fingerprint density at radius 2 is 2.04 bits per heavy atom. The van der Waals surface area contributed by atoms with Crippen molar-refractivity contribution in [2.24, 2.45) is 0 Å². The van der Waals surface area contributed by atoms with Crippen LogP contribution in [-0.4, -0.2) is 29.9 Å². The Balaban J connectivity index is 1.82. The number of carbonyl (C=O) groups is 1. The van der Waals surface area contributed by atoms with Gasteiger partial charge in [-0.25, -0.2) is 5.01 Å². The summed E-state index contributed by atoms with van der Waals surface area (Å²) < 4.78 is 38.7. The van der Waals surface area contributed by atoms with Gasteiger partial charge in [0, 0.05) is 13.1 Å². The van der Waals surface area contributed by atoms with Crippen molar-refractivity contribution < 1.29 is 18.0 Å². The molecule has 0 radical (unpaired) electrons. The molecule has 134 valence electrons. The van der Waals surface area contributed by atoms with E-state index in [0.29, 0.717) is 17.6 Å². The number of alkyl halides is 3. The second-order valence-electron chi connectivity index (χ2n) is 6.50. The van der Waals surface area contributed by atoms with E-state index in [1.807, 2.05) is 11.1 Å². The van der Waals surface area contributed by atoms with Crippen LogP contribution in [0.5, 0.6) is 0 Å². The predicted molar refractivity (Wildman–Crippen MR) is 90.5 cm³/mol. The van der Waals surface area contributed by atoms with Crippen LogP contribution in [0.25, 0.3) is 5.57 Å². The molecule has 6 heteroatoms. The van der Waals surface area contributed by atoms with E-state index in [-0.39, 0.29) is 0 Å². The van der Waals surface area contributed by atoms with Gasteiger partial charge in [0.2, 0.25) is 0 Å². The van der Waals surface area contributed by atoms with Crippen molar-refractivity contribution in [2.75, 3.05) is 13.1 Å². The van der Waals surface area contributed by atoms with E-state index in [1.54, 1.807) is 18.2 Å². The quantitative estimate of drug-likeness (QED) is 0.837. The molecule has 1 aliphatic carbocycles. The number of benzene rings is 1. The molecule has 0 aromatic heterocycles. The largest absolute Gasteiger partial charge is 0.416 e. The number of nitrogens with zero attached hydrogens (tertiary/aromatic N) is 1. The highest BCUT2D eigenvalue weighted by Crippen LogP contribution is 2.34. The first kappa shape index (κ1) is 17.9. The summed E-state index contributed by atoms with van der Waals surface area (Å²) in [5.74, 6) is 0. The molecule has 1 unspecified atom stereocenters.